The van der Waals surface area contributed by atoms with Crippen LogP contribution < -0.4 is 10.6 Å². The number of H-pyrrole nitrogens is 1. The number of nitrogens with one attached hydrogen (secondary N) is 3. The van der Waals surface area contributed by atoms with Crippen LogP contribution >= 0.6 is 12.2 Å². The van der Waals surface area contributed by atoms with Gasteiger partial charge in [0.25, 0.3) is 0 Å². The van der Waals surface area contributed by atoms with Gasteiger partial charge in [-0.15, -0.1) is 10.2 Å². The van der Waals surface area contributed by atoms with E-state index in [0.717, 1.165) is 5.69 Å². The molecular weight excluding hydrogens is 224 g/mol. The fourth-order valence-corrected chi connectivity index (χ4v) is 1.30. The molecular formula is C9H10N6S. The van der Waals surface area contributed by atoms with Gasteiger partial charge in [-0.3, -0.25) is 0 Å². The van der Waals surface area contributed by atoms with E-state index >= 15 is 0 Å². The molecule has 0 saturated heterocycles. The molecule has 0 aliphatic heterocycles. The van der Waals surface area contributed by atoms with E-state index < -0.39 is 0 Å². The molecule has 1 aromatic carbocycles. The Hall–Kier alpha value is -2.02. The number of benzene rings is 1. The maximum Gasteiger partial charge on any atom is 0.193 e. The zero-order chi connectivity index (χ0) is 11.2. The van der Waals surface area contributed by atoms with Gasteiger partial charge in [-0.2, -0.15) is 5.21 Å². The number of rotatable bonds is 3. The molecule has 1 heterocycles. The first kappa shape index (κ1) is 10.5. The molecule has 0 radical (unpaired) electrons. The standard InChI is InChI=1S/C9H10N6S/c16-9(10-6-8-12-14-15-13-8)11-7-4-2-1-3-5-7/h1-5H,6H2,(H2,10,11,16)(H,12,13,14,15). The monoisotopic (exact) mass is 234 g/mol. The van der Waals surface area contributed by atoms with Gasteiger partial charge in [0, 0.05) is 5.69 Å². The van der Waals surface area contributed by atoms with Crippen LogP contribution in [-0.4, -0.2) is 25.7 Å². The lowest BCUT2D eigenvalue weighted by Crippen LogP contribution is -2.28. The van der Waals surface area contributed by atoms with Crippen molar-refractivity contribution in [3.05, 3.63) is 36.2 Å². The molecule has 0 bridgehead atoms. The highest BCUT2D eigenvalue weighted by atomic mass is 32.1. The van der Waals surface area contributed by atoms with E-state index in [9.17, 15) is 0 Å². The Morgan fingerprint density at radius 2 is 2.12 bits per heavy atom. The highest BCUT2D eigenvalue weighted by Crippen LogP contribution is 2.04. The topological polar surface area (TPSA) is 78.5 Å². The fraction of sp³-hybridized carbons (Fsp3) is 0.111. The van der Waals surface area contributed by atoms with Crippen molar-refractivity contribution in [1.82, 2.24) is 25.9 Å². The number of aromatic amines is 1. The molecule has 0 unspecified atom stereocenters. The third-order valence-corrected chi connectivity index (χ3v) is 2.07. The van der Waals surface area contributed by atoms with Gasteiger partial charge in [-0.05, 0) is 24.4 Å². The van der Waals surface area contributed by atoms with Crippen molar-refractivity contribution < 1.29 is 0 Å². The molecule has 3 N–H and O–H groups in total. The van der Waals surface area contributed by atoms with E-state index in [1.54, 1.807) is 0 Å². The summed E-state index contributed by atoms with van der Waals surface area (Å²) in [5.74, 6) is 0.567. The lowest BCUT2D eigenvalue weighted by atomic mass is 10.3. The second-order valence-electron chi connectivity index (χ2n) is 3.00. The first-order chi connectivity index (χ1) is 7.84. The Labute approximate surface area is 97.5 Å². The molecule has 0 amide bonds. The van der Waals surface area contributed by atoms with Crippen molar-refractivity contribution in [2.45, 2.75) is 6.54 Å². The second kappa shape index (κ2) is 5.17. The molecule has 16 heavy (non-hydrogen) atoms. The minimum Gasteiger partial charge on any atom is -0.355 e. The Kier molecular flexibility index (Phi) is 3.39. The summed E-state index contributed by atoms with van der Waals surface area (Å²) in [5, 5.41) is 19.9. The quantitative estimate of drug-likeness (QED) is 0.678. The molecule has 82 valence electrons. The number of tetrazole rings is 1. The van der Waals surface area contributed by atoms with Gasteiger partial charge < -0.3 is 10.6 Å². The van der Waals surface area contributed by atoms with Gasteiger partial charge in [0.2, 0.25) is 0 Å². The smallest absolute Gasteiger partial charge is 0.193 e. The fourth-order valence-electron chi connectivity index (χ4n) is 1.11. The predicted octanol–water partition coefficient (Wildman–Crippen LogP) is 0.686. The Balaban J connectivity index is 1.81. The molecule has 1 aromatic heterocycles. The third kappa shape index (κ3) is 2.99. The lowest BCUT2D eigenvalue weighted by Gasteiger charge is -2.08. The van der Waals surface area contributed by atoms with Crippen LogP contribution in [0.2, 0.25) is 0 Å². The number of hydrogen-bond acceptors (Lipinski definition) is 4. The second-order valence-corrected chi connectivity index (χ2v) is 3.41. The van der Waals surface area contributed by atoms with Crippen LogP contribution in [0.4, 0.5) is 5.69 Å². The van der Waals surface area contributed by atoms with E-state index in [1.807, 2.05) is 30.3 Å². The van der Waals surface area contributed by atoms with Crippen LogP contribution in [0.1, 0.15) is 5.82 Å². The summed E-state index contributed by atoms with van der Waals surface area (Å²) >= 11 is 5.10. The summed E-state index contributed by atoms with van der Waals surface area (Å²) in [4.78, 5) is 0. The summed E-state index contributed by atoms with van der Waals surface area (Å²) < 4.78 is 0. The van der Waals surface area contributed by atoms with Gasteiger partial charge >= 0.3 is 0 Å². The molecule has 0 saturated carbocycles. The van der Waals surface area contributed by atoms with Crippen LogP contribution in [0.5, 0.6) is 0 Å². The average molecular weight is 234 g/mol. The van der Waals surface area contributed by atoms with E-state index in [1.165, 1.54) is 0 Å². The van der Waals surface area contributed by atoms with Gasteiger partial charge in [-0.1, -0.05) is 23.4 Å². The van der Waals surface area contributed by atoms with Crippen molar-refractivity contribution in [2.75, 3.05) is 5.32 Å². The van der Waals surface area contributed by atoms with E-state index in [-0.39, 0.29) is 0 Å². The zero-order valence-corrected chi connectivity index (χ0v) is 9.16. The van der Waals surface area contributed by atoms with Crippen molar-refractivity contribution in [3.63, 3.8) is 0 Å². The number of aromatic nitrogens is 4. The molecule has 2 rings (SSSR count). The van der Waals surface area contributed by atoms with E-state index in [4.69, 9.17) is 12.2 Å². The molecule has 0 spiro atoms. The summed E-state index contributed by atoms with van der Waals surface area (Å²) in [6.07, 6.45) is 0. The number of thiocarbonyl (C=S) groups is 1. The van der Waals surface area contributed by atoms with Gasteiger partial charge in [0.05, 0.1) is 6.54 Å². The Morgan fingerprint density at radius 3 is 2.81 bits per heavy atom. The summed E-state index contributed by atoms with van der Waals surface area (Å²) in [6.45, 7) is 0.440. The third-order valence-electron chi connectivity index (χ3n) is 1.83. The van der Waals surface area contributed by atoms with Gasteiger partial charge in [-0.25, -0.2) is 0 Å². The SMILES string of the molecule is S=C(NCc1nn[nH]n1)Nc1ccccc1. The molecule has 0 aliphatic rings. The number of anilines is 1. The van der Waals surface area contributed by atoms with Crippen LogP contribution in [0.3, 0.4) is 0 Å². The van der Waals surface area contributed by atoms with Crippen molar-refractivity contribution >= 4 is 23.0 Å². The van der Waals surface area contributed by atoms with Gasteiger partial charge in [0.1, 0.15) is 0 Å². The summed E-state index contributed by atoms with van der Waals surface area (Å²) in [6, 6.07) is 9.68. The highest BCUT2D eigenvalue weighted by molar-refractivity contribution is 7.80. The van der Waals surface area contributed by atoms with E-state index in [0.29, 0.717) is 17.5 Å². The molecule has 0 fully saturated rings. The van der Waals surface area contributed by atoms with Crippen molar-refractivity contribution in [1.29, 1.82) is 0 Å². The molecule has 2 aromatic rings. The molecule has 0 atom stereocenters. The minimum atomic E-state index is 0.440. The average Bonchev–Trinajstić information content (AvgIpc) is 2.81. The summed E-state index contributed by atoms with van der Waals surface area (Å²) in [5.41, 5.74) is 0.938. The Morgan fingerprint density at radius 1 is 1.31 bits per heavy atom. The maximum absolute atomic E-state index is 5.10. The lowest BCUT2D eigenvalue weighted by molar-refractivity contribution is 0.836. The van der Waals surface area contributed by atoms with E-state index in [2.05, 4.69) is 31.3 Å². The first-order valence-electron chi connectivity index (χ1n) is 4.67. The van der Waals surface area contributed by atoms with Crippen molar-refractivity contribution in [3.8, 4) is 0 Å². The maximum atomic E-state index is 5.10. The normalized spacial score (nSPS) is 9.75. The molecule has 0 aliphatic carbocycles. The minimum absolute atomic E-state index is 0.440. The molecule has 6 nitrogen and oxygen atoms in total. The largest absolute Gasteiger partial charge is 0.355 e. The Bertz CT molecular complexity index is 440. The van der Waals surface area contributed by atoms with Crippen LogP contribution in [0.15, 0.2) is 30.3 Å². The highest BCUT2D eigenvalue weighted by Gasteiger charge is 2.00. The zero-order valence-electron chi connectivity index (χ0n) is 8.34. The number of nitrogens with zero attached hydrogens (tertiary/aromatic N) is 3. The first-order valence-corrected chi connectivity index (χ1v) is 5.07. The van der Waals surface area contributed by atoms with Crippen LogP contribution in [0, 0.1) is 0 Å². The van der Waals surface area contributed by atoms with Crippen LogP contribution in [0.25, 0.3) is 0 Å². The van der Waals surface area contributed by atoms with Crippen molar-refractivity contribution in [2.24, 2.45) is 0 Å². The number of para-hydroxylation sites is 1. The molecule has 7 heteroatoms. The predicted molar refractivity (Wildman–Crippen MR) is 63.7 cm³/mol. The summed E-state index contributed by atoms with van der Waals surface area (Å²) in [7, 11) is 0. The van der Waals surface area contributed by atoms with Crippen LogP contribution in [-0.2, 0) is 6.54 Å². The number of hydrogen-bond donors (Lipinski definition) is 3. The van der Waals surface area contributed by atoms with Gasteiger partial charge in [0.15, 0.2) is 10.9 Å².